The first kappa shape index (κ1) is 9.23. The molecule has 0 bridgehead atoms. The van der Waals surface area contributed by atoms with Crippen molar-refractivity contribution >= 4 is 11.5 Å². The molecule has 68 valence electrons. The number of Topliss-reactive ketones (excluding diaryl/α,β-unsaturated/α-hetero) is 1. The number of hydrogen-bond acceptors (Lipinski definition) is 3. The summed E-state index contributed by atoms with van der Waals surface area (Å²) < 4.78 is 0. The lowest BCUT2D eigenvalue weighted by molar-refractivity contribution is -0.116. The van der Waals surface area contributed by atoms with Crippen LogP contribution in [0.5, 0.6) is 0 Å². The molecule has 12 heavy (non-hydrogen) atoms. The van der Waals surface area contributed by atoms with E-state index in [2.05, 4.69) is 10.5 Å². The molecule has 0 heterocycles. The largest absolute Gasteiger partial charge is 0.303 e. The van der Waals surface area contributed by atoms with Gasteiger partial charge in [0.15, 0.2) is 5.78 Å². The summed E-state index contributed by atoms with van der Waals surface area (Å²) in [6.45, 7) is 1.93. The molecule has 3 nitrogen and oxygen atoms in total. The highest BCUT2D eigenvalue weighted by Gasteiger charge is 2.05. The number of hydrazone groups is 1. The molecule has 3 heteroatoms. The van der Waals surface area contributed by atoms with Crippen molar-refractivity contribution < 1.29 is 4.79 Å². The van der Waals surface area contributed by atoms with E-state index in [4.69, 9.17) is 0 Å². The lowest BCUT2D eigenvalue weighted by Crippen LogP contribution is -2.18. The fourth-order valence-electron chi connectivity index (χ4n) is 1.33. The number of ketones is 1. The third-order valence-electron chi connectivity index (χ3n) is 2.00. The molecule has 1 fully saturated rings. The Labute approximate surface area is 73.2 Å². The lowest BCUT2D eigenvalue weighted by Gasteiger charge is -2.11. The Morgan fingerprint density at radius 1 is 1.42 bits per heavy atom. The number of nitrogens with one attached hydrogen (secondary N) is 1. The van der Waals surface area contributed by atoms with Crippen molar-refractivity contribution in [3.63, 3.8) is 0 Å². The second kappa shape index (κ2) is 4.91. The van der Waals surface area contributed by atoms with Crippen LogP contribution in [-0.2, 0) is 4.79 Å². The minimum Gasteiger partial charge on any atom is -0.303 e. The summed E-state index contributed by atoms with van der Waals surface area (Å²) in [5.41, 5.74) is 4.02. The average Bonchev–Trinajstić information content (AvgIpc) is 2.05. The maximum atomic E-state index is 10.6. The van der Waals surface area contributed by atoms with Crippen LogP contribution in [0.15, 0.2) is 5.10 Å². The Morgan fingerprint density at radius 2 is 2.08 bits per heavy atom. The highest BCUT2D eigenvalue weighted by Crippen LogP contribution is 2.13. The van der Waals surface area contributed by atoms with Gasteiger partial charge in [-0.05, 0) is 32.6 Å². The molecule has 0 aromatic rings. The maximum Gasteiger partial charge on any atom is 0.150 e. The van der Waals surface area contributed by atoms with Crippen molar-refractivity contribution in [1.29, 1.82) is 0 Å². The smallest absolute Gasteiger partial charge is 0.150 e. The zero-order valence-corrected chi connectivity index (χ0v) is 7.60. The van der Waals surface area contributed by atoms with Crippen LogP contribution >= 0.6 is 0 Å². The summed E-state index contributed by atoms with van der Waals surface area (Å²) in [6, 6.07) is 0. The number of hydrogen-bond donors (Lipinski definition) is 1. The van der Waals surface area contributed by atoms with E-state index in [0.29, 0.717) is 6.54 Å². The van der Waals surface area contributed by atoms with Gasteiger partial charge in [0.2, 0.25) is 0 Å². The maximum absolute atomic E-state index is 10.6. The van der Waals surface area contributed by atoms with Gasteiger partial charge in [-0.25, -0.2) is 0 Å². The molecule has 1 aliphatic carbocycles. The van der Waals surface area contributed by atoms with E-state index in [9.17, 15) is 4.79 Å². The molecule has 1 N–H and O–H groups in total. The summed E-state index contributed by atoms with van der Waals surface area (Å²) in [5.74, 6) is 0.134. The van der Waals surface area contributed by atoms with Gasteiger partial charge in [0.05, 0.1) is 6.54 Å². The van der Waals surface area contributed by atoms with Crippen LogP contribution in [0.2, 0.25) is 0 Å². The van der Waals surface area contributed by atoms with Gasteiger partial charge in [0, 0.05) is 5.71 Å². The summed E-state index contributed by atoms with van der Waals surface area (Å²) in [6.07, 6.45) is 6.03. The third-order valence-corrected chi connectivity index (χ3v) is 2.00. The molecule has 0 saturated heterocycles. The molecule has 0 aromatic carbocycles. The first-order chi connectivity index (χ1) is 5.79. The summed E-state index contributed by atoms with van der Waals surface area (Å²) in [7, 11) is 0. The fraction of sp³-hybridized carbons (Fsp3) is 0.778. The van der Waals surface area contributed by atoms with Gasteiger partial charge in [-0.3, -0.25) is 4.79 Å². The SMILES string of the molecule is CC(=O)CNN=C1CCCCC1. The molecule has 0 aliphatic heterocycles. The lowest BCUT2D eigenvalue weighted by atomic mass is 9.99. The van der Waals surface area contributed by atoms with E-state index in [1.165, 1.54) is 25.0 Å². The molecule has 1 rings (SSSR count). The van der Waals surface area contributed by atoms with E-state index < -0.39 is 0 Å². The summed E-state index contributed by atoms with van der Waals surface area (Å²) in [4.78, 5) is 10.6. The second-order valence-electron chi connectivity index (χ2n) is 3.28. The van der Waals surface area contributed by atoms with Crippen LogP contribution in [-0.4, -0.2) is 18.0 Å². The van der Waals surface area contributed by atoms with E-state index in [0.717, 1.165) is 12.8 Å². The molecular formula is C9H16N2O. The highest BCUT2D eigenvalue weighted by molar-refractivity contribution is 5.85. The predicted molar refractivity (Wildman–Crippen MR) is 49.2 cm³/mol. The van der Waals surface area contributed by atoms with E-state index in [1.54, 1.807) is 6.92 Å². The van der Waals surface area contributed by atoms with Crippen LogP contribution in [0.4, 0.5) is 0 Å². The third kappa shape index (κ3) is 3.51. The fourth-order valence-corrected chi connectivity index (χ4v) is 1.33. The molecule has 0 amide bonds. The number of carbonyl (C=O) groups excluding carboxylic acids is 1. The normalized spacial score (nSPS) is 17.2. The van der Waals surface area contributed by atoms with Gasteiger partial charge >= 0.3 is 0 Å². The minimum absolute atomic E-state index is 0.134. The standard InChI is InChI=1S/C9H16N2O/c1-8(12)7-10-11-9-5-3-2-4-6-9/h10H,2-7H2,1H3. The molecule has 0 radical (unpaired) electrons. The quantitative estimate of drug-likeness (QED) is 0.648. The van der Waals surface area contributed by atoms with E-state index in [-0.39, 0.29) is 5.78 Å². The van der Waals surface area contributed by atoms with Crippen LogP contribution in [0.25, 0.3) is 0 Å². The molecule has 0 aromatic heterocycles. The van der Waals surface area contributed by atoms with Crippen LogP contribution < -0.4 is 5.43 Å². The molecule has 0 unspecified atom stereocenters. The van der Waals surface area contributed by atoms with Gasteiger partial charge in [0.25, 0.3) is 0 Å². The van der Waals surface area contributed by atoms with Crippen molar-refractivity contribution in [2.45, 2.75) is 39.0 Å². The van der Waals surface area contributed by atoms with Crippen LogP contribution in [0.3, 0.4) is 0 Å². The highest BCUT2D eigenvalue weighted by atomic mass is 16.1. The minimum atomic E-state index is 0.134. The van der Waals surface area contributed by atoms with Crippen molar-refractivity contribution in [2.75, 3.05) is 6.54 Å². The number of nitrogens with zero attached hydrogens (tertiary/aromatic N) is 1. The Hall–Kier alpha value is -0.860. The van der Waals surface area contributed by atoms with Gasteiger partial charge in [-0.15, -0.1) is 0 Å². The van der Waals surface area contributed by atoms with Crippen molar-refractivity contribution in [1.82, 2.24) is 5.43 Å². The first-order valence-electron chi connectivity index (χ1n) is 4.57. The van der Waals surface area contributed by atoms with Gasteiger partial charge in [-0.2, -0.15) is 5.10 Å². The number of carbonyl (C=O) groups is 1. The molecule has 0 spiro atoms. The van der Waals surface area contributed by atoms with Gasteiger partial charge in [0.1, 0.15) is 0 Å². The molecule has 0 atom stereocenters. The molecule has 1 saturated carbocycles. The zero-order valence-electron chi connectivity index (χ0n) is 7.60. The van der Waals surface area contributed by atoms with E-state index in [1.807, 2.05) is 0 Å². The van der Waals surface area contributed by atoms with Gasteiger partial charge in [-0.1, -0.05) is 6.42 Å². The predicted octanol–water partition coefficient (Wildman–Crippen LogP) is 1.49. The second-order valence-corrected chi connectivity index (χ2v) is 3.28. The Kier molecular flexibility index (Phi) is 3.77. The molecular weight excluding hydrogens is 152 g/mol. The van der Waals surface area contributed by atoms with Crippen LogP contribution in [0, 0.1) is 0 Å². The van der Waals surface area contributed by atoms with Crippen molar-refractivity contribution in [3.05, 3.63) is 0 Å². The molecule has 1 aliphatic rings. The average molecular weight is 168 g/mol. The topological polar surface area (TPSA) is 41.5 Å². The van der Waals surface area contributed by atoms with Gasteiger partial charge < -0.3 is 5.43 Å². The Bertz CT molecular complexity index is 179. The summed E-state index contributed by atoms with van der Waals surface area (Å²) >= 11 is 0. The first-order valence-corrected chi connectivity index (χ1v) is 4.57. The number of rotatable bonds is 3. The Morgan fingerprint density at radius 3 is 2.67 bits per heavy atom. The van der Waals surface area contributed by atoms with Crippen LogP contribution in [0.1, 0.15) is 39.0 Å². The zero-order chi connectivity index (χ0) is 8.81. The monoisotopic (exact) mass is 168 g/mol. The summed E-state index contributed by atoms with van der Waals surface area (Å²) in [5, 5.41) is 4.17. The van der Waals surface area contributed by atoms with Crippen molar-refractivity contribution in [2.24, 2.45) is 5.10 Å². The Balaban J connectivity index is 2.20. The van der Waals surface area contributed by atoms with E-state index >= 15 is 0 Å². The van der Waals surface area contributed by atoms with Crippen molar-refractivity contribution in [3.8, 4) is 0 Å².